The number of aliphatic imine (C=N–C) groups is 1. The summed E-state index contributed by atoms with van der Waals surface area (Å²) < 4.78 is 11.4. The Hall–Kier alpha value is -6.87. The molecule has 0 radical (unpaired) electrons. The van der Waals surface area contributed by atoms with Crippen molar-refractivity contribution in [3.63, 3.8) is 0 Å². The molecule has 2 aromatic carbocycles. The molecule has 2 heterocycles. The van der Waals surface area contributed by atoms with E-state index in [1.807, 2.05) is 36.4 Å². The topological polar surface area (TPSA) is 321 Å². The van der Waals surface area contributed by atoms with Gasteiger partial charge in [0.25, 0.3) is 0 Å². The summed E-state index contributed by atoms with van der Waals surface area (Å²) in [5.41, 5.74) is 12.2. The number of ether oxygens (including phenoxy) is 1. The van der Waals surface area contributed by atoms with Crippen LogP contribution in [-0.4, -0.2) is 115 Å². The highest BCUT2D eigenvalue weighted by Crippen LogP contribution is 2.33. The lowest BCUT2D eigenvalue weighted by Crippen LogP contribution is -2.57. The van der Waals surface area contributed by atoms with Crippen molar-refractivity contribution in [3.8, 4) is 11.1 Å². The number of nitrogens with one attached hydrogen (secondary N) is 4. The van der Waals surface area contributed by atoms with Crippen LogP contribution in [0.4, 0.5) is 5.88 Å². The van der Waals surface area contributed by atoms with Crippen molar-refractivity contribution in [1.82, 2.24) is 25.9 Å². The van der Waals surface area contributed by atoms with Gasteiger partial charge in [0.15, 0.2) is 30.1 Å². The van der Waals surface area contributed by atoms with E-state index in [1.54, 1.807) is 12.1 Å². The number of fused-ring (bicyclic) bond motifs is 1. The van der Waals surface area contributed by atoms with Crippen molar-refractivity contribution in [1.29, 1.82) is 0 Å². The molecule has 1 aliphatic rings. The Labute approximate surface area is 343 Å². The van der Waals surface area contributed by atoms with Gasteiger partial charge in [-0.1, -0.05) is 54.0 Å². The summed E-state index contributed by atoms with van der Waals surface area (Å²) in [7, 11) is 0. The number of rotatable bonds is 21. The summed E-state index contributed by atoms with van der Waals surface area (Å²) in [6.07, 6.45) is -1.61. The van der Waals surface area contributed by atoms with Crippen LogP contribution < -0.4 is 42.8 Å². The molecule has 1 aromatic heterocycles. The summed E-state index contributed by atoms with van der Waals surface area (Å²) in [4.78, 5) is 111. The monoisotopic (exact) mass is 837 g/mol. The second-order valence-corrected chi connectivity index (χ2v) is 13.7. The first-order valence-corrected chi connectivity index (χ1v) is 19.1. The number of carbonyl (C=O) groups is 7. The number of hydrogen-bond donors (Lipinski definition) is 8. The van der Waals surface area contributed by atoms with Crippen LogP contribution in [0.2, 0.25) is 0 Å². The third-order valence-electron chi connectivity index (χ3n) is 9.33. The SMILES string of the molecule is CCC(NC(=O)C(CC(=O)O)NC(=O)CNC(=O)C(CCCN=C(N)N)NC(=O)CCC(=O)O[N+]1(c2cc(=O)c3cccc(-c4ccccc4)c3o2)CCOCC1)C(=O)O. The van der Waals surface area contributed by atoms with E-state index < -0.39 is 90.1 Å². The zero-order chi connectivity index (χ0) is 43.8. The molecule has 21 nitrogen and oxygen atoms in total. The maximum Gasteiger partial charge on any atom is 0.367 e. The summed E-state index contributed by atoms with van der Waals surface area (Å²) >= 11 is 0. The lowest BCUT2D eigenvalue weighted by atomic mass is 10.0. The molecule has 3 aromatic rings. The first kappa shape index (κ1) is 45.8. The summed E-state index contributed by atoms with van der Waals surface area (Å²) in [6.45, 7) is 1.35. The summed E-state index contributed by atoms with van der Waals surface area (Å²) in [6, 6.07) is 11.5. The molecule has 0 bridgehead atoms. The number of benzene rings is 2. The molecule has 0 spiro atoms. The molecule has 1 fully saturated rings. The van der Waals surface area contributed by atoms with Crippen LogP contribution in [0.25, 0.3) is 22.1 Å². The molecule has 60 heavy (non-hydrogen) atoms. The first-order valence-electron chi connectivity index (χ1n) is 19.1. The van der Waals surface area contributed by atoms with Gasteiger partial charge in [0, 0.05) is 18.5 Å². The van der Waals surface area contributed by atoms with Gasteiger partial charge in [-0.15, -0.1) is 0 Å². The van der Waals surface area contributed by atoms with E-state index in [1.165, 1.54) is 13.0 Å². The average molecular weight is 838 g/mol. The largest absolute Gasteiger partial charge is 0.481 e. The van der Waals surface area contributed by atoms with E-state index in [0.717, 1.165) is 5.56 Å². The Bertz CT molecular complexity index is 2130. The van der Waals surface area contributed by atoms with E-state index in [-0.39, 0.29) is 69.4 Å². The molecule has 0 saturated carbocycles. The maximum absolute atomic E-state index is 13.4. The minimum absolute atomic E-state index is 0.0150. The highest BCUT2D eigenvalue weighted by molar-refractivity contribution is 5.95. The smallest absolute Gasteiger partial charge is 0.367 e. The van der Waals surface area contributed by atoms with E-state index in [0.29, 0.717) is 16.5 Å². The van der Waals surface area contributed by atoms with Gasteiger partial charge in [-0.25, -0.2) is 9.59 Å². The molecule has 322 valence electrons. The van der Waals surface area contributed by atoms with Gasteiger partial charge in [0.2, 0.25) is 23.6 Å². The van der Waals surface area contributed by atoms with Crippen molar-refractivity contribution >= 4 is 64.3 Å². The van der Waals surface area contributed by atoms with Gasteiger partial charge < -0.3 is 52.1 Å². The minimum atomic E-state index is -1.67. The van der Waals surface area contributed by atoms with Gasteiger partial charge in [0.05, 0.1) is 30.8 Å². The minimum Gasteiger partial charge on any atom is -0.481 e. The molecule has 4 amide bonds. The van der Waals surface area contributed by atoms with Crippen LogP contribution in [0.15, 0.2) is 68.8 Å². The zero-order valence-electron chi connectivity index (χ0n) is 32.8. The number of morpholine rings is 1. The van der Waals surface area contributed by atoms with Crippen LogP contribution in [0.1, 0.15) is 45.4 Å². The number of para-hydroxylation sites is 1. The number of carboxylic acids is 2. The molecule has 21 heteroatoms. The lowest BCUT2D eigenvalue weighted by molar-refractivity contribution is -0.204. The van der Waals surface area contributed by atoms with E-state index in [9.17, 15) is 48.6 Å². The summed E-state index contributed by atoms with van der Waals surface area (Å²) in [5.74, 6) is -7.41. The molecule has 4 rings (SSSR count). The number of amides is 4. The van der Waals surface area contributed by atoms with E-state index in [4.69, 9.17) is 25.5 Å². The molecule has 3 atom stereocenters. The highest BCUT2D eigenvalue weighted by atomic mass is 16.8. The molecular formula is C39H49N8O13+. The predicted octanol–water partition coefficient (Wildman–Crippen LogP) is -0.371. The van der Waals surface area contributed by atoms with Crippen molar-refractivity contribution < 1.29 is 57.8 Å². The van der Waals surface area contributed by atoms with Crippen LogP contribution in [0.3, 0.4) is 0 Å². The molecule has 1 aliphatic heterocycles. The molecule has 3 unspecified atom stereocenters. The fraction of sp³-hybridized carbons (Fsp3) is 0.410. The van der Waals surface area contributed by atoms with E-state index in [2.05, 4.69) is 26.3 Å². The number of nitrogens with two attached hydrogens (primary N) is 2. The molecule has 0 aliphatic carbocycles. The Morgan fingerprint density at radius 3 is 2.22 bits per heavy atom. The number of carboxylic acid groups (broad SMARTS) is 2. The third-order valence-corrected chi connectivity index (χ3v) is 9.33. The summed E-state index contributed by atoms with van der Waals surface area (Å²) in [5, 5.41) is 27.9. The number of nitrogens with zero attached hydrogens (tertiary/aromatic N) is 2. The van der Waals surface area contributed by atoms with Gasteiger partial charge in [-0.05, 0) is 30.9 Å². The second-order valence-electron chi connectivity index (χ2n) is 13.7. The average Bonchev–Trinajstić information content (AvgIpc) is 3.22. The Morgan fingerprint density at radius 1 is 0.867 bits per heavy atom. The second kappa shape index (κ2) is 21.8. The van der Waals surface area contributed by atoms with Gasteiger partial charge in [0.1, 0.15) is 31.3 Å². The Balaban J connectivity index is 1.42. The molecule has 1 saturated heterocycles. The number of quaternary nitrogens is 1. The Morgan fingerprint density at radius 2 is 1.57 bits per heavy atom. The lowest BCUT2D eigenvalue weighted by Gasteiger charge is -2.34. The first-order chi connectivity index (χ1) is 28.6. The number of guanidine groups is 1. The number of hydrogen-bond acceptors (Lipinski definition) is 12. The Kier molecular flexibility index (Phi) is 16.6. The number of hydroxylamine groups is 2. The van der Waals surface area contributed by atoms with Crippen LogP contribution >= 0.6 is 0 Å². The molecular weight excluding hydrogens is 788 g/mol. The zero-order valence-corrected chi connectivity index (χ0v) is 32.8. The van der Waals surface area contributed by atoms with E-state index >= 15 is 0 Å². The fourth-order valence-electron chi connectivity index (χ4n) is 6.23. The molecule has 10 N–H and O–H groups in total. The van der Waals surface area contributed by atoms with Crippen LogP contribution in [-0.2, 0) is 43.1 Å². The van der Waals surface area contributed by atoms with Crippen LogP contribution in [0, 0.1) is 0 Å². The van der Waals surface area contributed by atoms with Crippen molar-refractivity contribution in [3.05, 3.63) is 64.8 Å². The van der Waals surface area contributed by atoms with Gasteiger partial charge in [-0.2, -0.15) is 0 Å². The van der Waals surface area contributed by atoms with Crippen molar-refractivity contribution in [2.45, 2.75) is 63.6 Å². The number of carbonyl (C=O) groups excluding carboxylic acids is 5. The third kappa shape index (κ3) is 13.1. The van der Waals surface area contributed by atoms with Crippen LogP contribution in [0.5, 0.6) is 0 Å². The highest BCUT2D eigenvalue weighted by Gasteiger charge is 2.42. The standard InChI is InChI=1S/C39H48N8O13/c1-2-26(38(56)57)46-37(55)28(20-33(51)52)45-31(50)22-43-36(54)27(12-7-15-42-39(40)41)44-30(49)13-14-34(53)60-47(16-18-58-19-17-47)32-21-29(48)25-11-6-10-24(35(25)59-32)23-8-4-3-5-9-23/h3-6,8-11,21,26-28H,2,7,12-20,22H2,1H3,(H9-,40,41,42,43,44,45,46,49,50,51,52,54,55,56,57)/p+1. The van der Waals surface area contributed by atoms with Crippen molar-refractivity contribution in [2.75, 3.05) is 39.4 Å². The predicted molar refractivity (Wildman–Crippen MR) is 214 cm³/mol. The van der Waals surface area contributed by atoms with Gasteiger partial charge in [-0.3, -0.25) is 38.6 Å². The quantitative estimate of drug-likeness (QED) is 0.0294. The maximum atomic E-state index is 13.4. The fourth-order valence-corrected chi connectivity index (χ4v) is 6.23. The normalized spacial score (nSPS) is 14.7. The number of aliphatic carboxylic acids is 2. The van der Waals surface area contributed by atoms with Gasteiger partial charge >= 0.3 is 23.8 Å². The van der Waals surface area contributed by atoms with Crippen molar-refractivity contribution in [2.24, 2.45) is 16.5 Å².